The molecule has 0 fully saturated rings. The molecule has 0 saturated carbocycles. The van der Waals surface area contributed by atoms with Crippen LogP contribution in [0.3, 0.4) is 0 Å². The summed E-state index contributed by atoms with van der Waals surface area (Å²) >= 11 is 3.13. The van der Waals surface area contributed by atoms with E-state index in [4.69, 9.17) is 0 Å². The van der Waals surface area contributed by atoms with Crippen LogP contribution >= 0.6 is 15.9 Å². The Morgan fingerprint density at radius 3 is 2.78 bits per heavy atom. The first-order valence-corrected chi connectivity index (χ1v) is 6.88. The van der Waals surface area contributed by atoms with E-state index in [1.165, 1.54) is 6.07 Å². The summed E-state index contributed by atoms with van der Waals surface area (Å²) in [6.45, 7) is 6.59. The zero-order valence-electron chi connectivity index (χ0n) is 10.5. The molecule has 0 bridgehead atoms. The van der Waals surface area contributed by atoms with Gasteiger partial charge < -0.3 is 5.32 Å². The number of halogens is 3. The van der Waals surface area contributed by atoms with Crippen LogP contribution in [0.5, 0.6) is 0 Å². The molecule has 0 saturated heterocycles. The highest BCUT2D eigenvalue weighted by Gasteiger charge is 2.18. The molecule has 1 unspecified atom stereocenters. The number of allylic oxidation sites excluding steroid dienone is 1. The number of benzene rings is 1. The van der Waals surface area contributed by atoms with Gasteiger partial charge in [-0.25, -0.2) is 8.78 Å². The van der Waals surface area contributed by atoms with Gasteiger partial charge in [-0.2, -0.15) is 0 Å². The zero-order valence-corrected chi connectivity index (χ0v) is 12.1. The first-order chi connectivity index (χ1) is 8.61. The van der Waals surface area contributed by atoms with Crippen molar-refractivity contribution < 1.29 is 8.78 Å². The minimum atomic E-state index is -0.830. The molecule has 1 aromatic carbocycles. The fourth-order valence-corrected chi connectivity index (χ4v) is 2.38. The number of hydrogen-bond acceptors (Lipinski definition) is 1. The lowest BCUT2D eigenvalue weighted by Crippen LogP contribution is -2.22. The summed E-state index contributed by atoms with van der Waals surface area (Å²) in [6, 6.07) is 2.80. The smallest absolute Gasteiger partial charge is 0.173 e. The van der Waals surface area contributed by atoms with Gasteiger partial charge in [0.25, 0.3) is 0 Å². The molecule has 100 valence electrons. The van der Waals surface area contributed by atoms with E-state index in [0.717, 1.165) is 31.4 Å². The Hall–Kier alpha value is -0.740. The average molecular weight is 318 g/mol. The summed E-state index contributed by atoms with van der Waals surface area (Å²) in [5, 5.41) is 3.34. The molecule has 0 aliphatic rings. The molecule has 1 atom stereocenters. The highest BCUT2D eigenvalue weighted by molar-refractivity contribution is 9.10. The fraction of sp³-hybridized carbons (Fsp3) is 0.429. The van der Waals surface area contributed by atoms with Gasteiger partial charge >= 0.3 is 0 Å². The van der Waals surface area contributed by atoms with Gasteiger partial charge in [0.05, 0.1) is 4.47 Å². The van der Waals surface area contributed by atoms with Crippen LogP contribution in [0, 0.1) is 11.6 Å². The van der Waals surface area contributed by atoms with E-state index in [1.54, 1.807) is 6.07 Å². The first-order valence-electron chi connectivity index (χ1n) is 6.09. The van der Waals surface area contributed by atoms with Crippen molar-refractivity contribution >= 4 is 15.9 Å². The summed E-state index contributed by atoms with van der Waals surface area (Å²) in [4.78, 5) is 0. The molecule has 0 aromatic heterocycles. The average Bonchev–Trinajstić information content (AvgIpc) is 2.37. The Labute approximate surface area is 115 Å². The molecule has 0 heterocycles. The van der Waals surface area contributed by atoms with Crippen molar-refractivity contribution in [2.75, 3.05) is 6.54 Å². The van der Waals surface area contributed by atoms with Gasteiger partial charge in [0.1, 0.15) is 0 Å². The van der Waals surface area contributed by atoms with E-state index in [1.807, 2.05) is 6.08 Å². The predicted octanol–water partition coefficient (Wildman–Crippen LogP) is 4.73. The maximum atomic E-state index is 13.5. The highest BCUT2D eigenvalue weighted by atomic mass is 79.9. The molecular formula is C14H18BrF2N. The van der Waals surface area contributed by atoms with Crippen molar-refractivity contribution in [3.05, 3.63) is 46.5 Å². The van der Waals surface area contributed by atoms with E-state index in [9.17, 15) is 8.78 Å². The SMILES string of the molecule is C=CCCC(NCCC)c1ccc(F)c(F)c1Br. The van der Waals surface area contributed by atoms with Crippen LogP contribution in [0.4, 0.5) is 8.78 Å². The Balaban J connectivity index is 2.96. The van der Waals surface area contributed by atoms with Crippen LogP contribution in [0.1, 0.15) is 37.8 Å². The second-order valence-corrected chi connectivity index (χ2v) is 4.93. The quantitative estimate of drug-likeness (QED) is 0.566. The van der Waals surface area contributed by atoms with Crippen LogP contribution in [-0.4, -0.2) is 6.54 Å². The lowest BCUT2D eigenvalue weighted by Gasteiger charge is -2.20. The molecule has 4 heteroatoms. The topological polar surface area (TPSA) is 12.0 Å². The van der Waals surface area contributed by atoms with Crippen LogP contribution < -0.4 is 5.32 Å². The van der Waals surface area contributed by atoms with Gasteiger partial charge in [-0.05, 0) is 53.4 Å². The zero-order chi connectivity index (χ0) is 13.5. The number of nitrogens with one attached hydrogen (secondary N) is 1. The lowest BCUT2D eigenvalue weighted by molar-refractivity contribution is 0.477. The summed E-state index contributed by atoms with van der Waals surface area (Å²) < 4.78 is 26.8. The fourth-order valence-electron chi connectivity index (χ4n) is 1.78. The van der Waals surface area contributed by atoms with Crippen molar-refractivity contribution in [3.8, 4) is 0 Å². The maximum absolute atomic E-state index is 13.5. The second kappa shape index (κ2) is 7.64. The molecule has 1 aromatic rings. The lowest BCUT2D eigenvalue weighted by atomic mass is 10.0. The normalized spacial score (nSPS) is 12.4. The van der Waals surface area contributed by atoms with Crippen LogP contribution in [-0.2, 0) is 0 Å². The van der Waals surface area contributed by atoms with E-state index in [0.29, 0.717) is 0 Å². The van der Waals surface area contributed by atoms with Crippen LogP contribution in [0.2, 0.25) is 0 Å². The third-order valence-corrected chi connectivity index (χ3v) is 3.55. The molecule has 0 aliphatic heterocycles. The molecule has 0 aliphatic carbocycles. The molecule has 1 nitrogen and oxygen atoms in total. The molecule has 18 heavy (non-hydrogen) atoms. The van der Waals surface area contributed by atoms with Crippen LogP contribution in [0.15, 0.2) is 29.3 Å². The molecule has 1 rings (SSSR count). The minimum absolute atomic E-state index is 0.00687. The van der Waals surface area contributed by atoms with Gasteiger partial charge in [-0.15, -0.1) is 6.58 Å². The van der Waals surface area contributed by atoms with Crippen LogP contribution in [0.25, 0.3) is 0 Å². The van der Waals surface area contributed by atoms with Gasteiger partial charge in [0.15, 0.2) is 11.6 Å². The van der Waals surface area contributed by atoms with E-state index < -0.39 is 11.6 Å². The minimum Gasteiger partial charge on any atom is -0.310 e. The highest BCUT2D eigenvalue weighted by Crippen LogP contribution is 2.30. The summed E-state index contributed by atoms with van der Waals surface area (Å²) in [5.74, 6) is -1.65. The van der Waals surface area contributed by atoms with Gasteiger partial charge in [-0.1, -0.05) is 19.1 Å². The second-order valence-electron chi connectivity index (χ2n) is 4.14. The van der Waals surface area contributed by atoms with Gasteiger partial charge in [-0.3, -0.25) is 0 Å². The Bertz CT molecular complexity index is 407. The Kier molecular flexibility index (Phi) is 6.50. The molecular weight excluding hydrogens is 300 g/mol. The van der Waals surface area contributed by atoms with Crippen molar-refractivity contribution in [2.45, 2.75) is 32.2 Å². The first kappa shape index (κ1) is 15.3. The molecule has 0 radical (unpaired) electrons. The van der Waals surface area contributed by atoms with E-state index in [-0.39, 0.29) is 10.5 Å². The number of hydrogen-bond donors (Lipinski definition) is 1. The van der Waals surface area contributed by atoms with Gasteiger partial charge in [0, 0.05) is 6.04 Å². The standard InChI is InChI=1S/C14H18BrF2N/c1-3-5-6-12(18-9-4-2)10-7-8-11(16)14(17)13(10)15/h3,7-8,12,18H,1,4-6,9H2,2H3. The summed E-state index contributed by atoms with van der Waals surface area (Å²) in [6.07, 6.45) is 4.46. The Morgan fingerprint density at radius 2 is 2.17 bits per heavy atom. The van der Waals surface area contributed by atoms with Crippen molar-refractivity contribution in [3.63, 3.8) is 0 Å². The van der Waals surface area contributed by atoms with E-state index >= 15 is 0 Å². The maximum Gasteiger partial charge on any atom is 0.173 e. The Morgan fingerprint density at radius 1 is 1.44 bits per heavy atom. The van der Waals surface area contributed by atoms with Gasteiger partial charge in [0.2, 0.25) is 0 Å². The largest absolute Gasteiger partial charge is 0.310 e. The summed E-state index contributed by atoms with van der Waals surface area (Å²) in [7, 11) is 0. The van der Waals surface area contributed by atoms with Crippen molar-refractivity contribution in [2.24, 2.45) is 0 Å². The predicted molar refractivity (Wildman–Crippen MR) is 74.5 cm³/mol. The van der Waals surface area contributed by atoms with Crippen molar-refractivity contribution in [1.29, 1.82) is 0 Å². The van der Waals surface area contributed by atoms with E-state index in [2.05, 4.69) is 34.7 Å². The summed E-state index contributed by atoms with van der Waals surface area (Å²) in [5.41, 5.74) is 0.754. The third kappa shape index (κ3) is 3.89. The molecule has 0 spiro atoms. The molecule has 1 N–H and O–H groups in total. The number of rotatable bonds is 7. The third-order valence-electron chi connectivity index (χ3n) is 2.74. The van der Waals surface area contributed by atoms with Crippen molar-refractivity contribution in [1.82, 2.24) is 5.32 Å². The monoisotopic (exact) mass is 317 g/mol. The molecule has 0 amide bonds.